The van der Waals surface area contributed by atoms with Crippen molar-refractivity contribution in [1.82, 2.24) is 20.4 Å². The van der Waals surface area contributed by atoms with Gasteiger partial charge in [-0.25, -0.2) is 4.39 Å². The Balaban J connectivity index is 1.87. The van der Waals surface area contributed by atoms with Gasteiger partial charge in [0.15, 0.2) is 5.96 Å². The highest BCUT2D eigenvalue weighted by Crippen LogP contribution is 2.22. The van der Waals surface area contributed by atoms with Crippen molar-refractivity contribution in [2.45, 2.75) is 25.3 Å². The lowest BCUT2D eigenvalue weighted by atomic mass is 9.84. The molecule has 0 bridgehead atoms. The molecule has 0 spiro atoms. The molecular weight excluding hydrogens is 317 g/mol. The van der Waals surface area contributed by atoms with Gasteiger partial charge in [0.1, 0.15) is 5.82 Å². The molecule has 5 nitrogen and oxygen atoms in total. The zero-order valence-electron chi connectivity index (χ0n) is 16.1. The van der Waals surface area contributed by atoms with Crippen LogP contribution in [0.4, 0.5) is 4.39 Å². The Morgan fingerprint density at radius 2 is 2.04 bits per heavy atom. The number of nitrogens with one attached hydrogen (secondary N) is 2. The Morgan fingerprint density at radius 3 is 2.72 bits per heavy atom. The molecule has 1 aromatic rings. The highest BCUT2D eigenvalue weighted by atomic mass is 19.1. The molecule has 0 saturated carbocycles. The first kappa shape index (κ1) is 19.7. The maximum atomic E-state index is 13.5. The summed E-state index contributed by atoms with van der Waals surface area (Å²) in [5.41, 5.74) is 0.783. The standard InChI is InChI=1S/C19H32FN5/c1-19(2,15-7-6-8-16(20)11-15)14-23-18(21-3)22-12-17-13-24(4)9-10-25(17)5/h6-8,11,17H,9-10,12-14H2,1-5H3,(H2,21,22,23). The summed E-state index contributed by atoms with van der Waals surface area (Å²) in [4.78, 5) is 9.06. The summed E-state index contributed by atoms with van der Waals surface area (Å²) in [6.07, 6.45) is 0. The summed E-state index contributed by atoms with van der Waals surface area (Å²) < 4.78 is 13.5. The lowest BCUT2D eigenvalue weighted by Gasteiger charge is -2.38. The van der Waals surface area contributed by atoms with Crippen molar-refractivity contribution in [3.05, 3.63) is 35.6 Å². The fourth-order valence-corrected chi connectivity index (χ4v) is 3.07. The van der Waals surface area contributed by atoms with Crippen LogP contribution in [-0.4, -0.2) is 75.7 Å². The van der Waals surface area contributed by atoms with Crippen LogP contribution in [0.3, 0.4) is 0 Å². The van der Waals surface area contributed by atoms with Gasteiger partial charge in [0, 0.05) is 51.2 Å². The minimum absolute atomic E-state index is 0.193. The van der Waals surface area contributed by atoms with E-state index in [0.717, 1.165) is 37.7 Å². The molecule has 2 rings (SSSR count). The van der Waals surface area contributed by atoms with E-state index in [-0.39, 0.29) is 11.2 Å². The summed E-state index contributed by atoms with van der Waals surface area (Å²) in [6.45, 7) is 8.98. The molecule has 2 N–H and O–H groups in total. The van der Waals surface area contributed by atoms with E-state index in [2.05, 4.69) is 53.4 Å². The average molecular weight is 349 g/mol. The van der Waals surface area contributed by atoms with Gasteiger partial charge < -0.3 is 15.5 Å². The zero-order chi connectivity index (χ0) is 18.4. The topological polar surface area (TPSA) is 42.9 Å². The number of nitrogens with zero attached hydrogens (tertiary/aromatic N) is 3. The van der Waals surface area contributed by atoms with Crippen LogP contribution in [0, 0.1) is 5.82 Å². The molecule has 1 aliphatic heterocycles. The van der Waals surface area contributed by atoms with E-state index in [0.29, 0.717) is 12.6 Å². The fourth-order valence-electron chi connectivity index (χ4n) is 3.07. The summed E-state index contributed by atoms with van der Waals surface area (Å²) in [7, 11) is 6.11. The second-order valence-corrected chi connectivity index (χ2v) is 7.60. The van der Waals surface area contributed by atoms with Crippen LogP contribution in [0.1, 0.15) is 19.4 Å². The normalized spacial score (nSPS) is 20.6. The lowest BCUT2D eigenvalue weighted by Crippen LogP contribution is -2.55. The Bertz CT molecular complexity index is 587. The van der Waals surface area contributed by atoms with Gasteiger partial charge in [-0.15, -0.1) is 0 Å². The van der Waals surface area contributed by atoms with Gasteiger partial charge in [0.05, 0.1) is 0 Å². The molecule has 140 valence electrons. The van der Waals surface area contributed by atoms with Gasteiger partial charge in [-0.05, 0) is 31.8 Å². The third-order valence-electron chi connectivity index (χ3n) is 5.01. The van der Waals surface area contributed by atoms with Crippen LogP contribution in [0.15, 0.2) is 29.3 Å². The highest BCUT2D eigenvalue weighted by molar-refractivity contribution is 5.79. The molecule has 1 aliphatic rings. The van der Waals surface area contributed by atoms with Crippen molar-refractivity contribution in [2.75, 3.05) is 53.9 Å². The number of aliphatic imine (C=N–C) groups is 1. The monoisotopic (exact) mass is 349 g/mol. The molecule has 1 heterocycles. The van der Waals surface area contributed by atoms with Crippen LogP contribution in [0.2, 0.25) is 0 Å². The third-order valence-corrected chi connectivity index (χ3v) is 5.01. The first-order valence-electron chi connectivity index (χ1n) is 8.91. The van der Waals surface area contributed by atoms with Crippen molar-refractivity contribution in [1.29, 1.82) is 0 Å². The molecule has 1 unspecified atom stereocenters. The van der Waals surface area contributed by atoms with Crippen molar-refractivity contribution >= 4 is 5.96 Å². The van der Waals surface area contributed by atoms with E-state index in [1.165, 1.54) is 6.07 Å². The van der Waals surface area contributed by atoms with Gasteiger partial charge >= 0.3 is 0 Å². The summed E-state index contributed by atoms with van der Waals surface area (Å²) in [6, 6.07) is 7.27. The SMILES string of the molecule is CN=C(NCC1CN(C)CCN1C)NCC(C)(C)c1cccc(F)c1. The Kier molecular flexibility index (Phi) is 6.79. The molecule has 1 fully saturated rings. The number of guanidine groups is 1. The summed E-state index contributed by atoms with van der Waals surface area (Å²) in [5.74, 6) is 0.587. The summed E-state index contributed by atoms with van der Waals surface area (Å²) >= 11 is 0. The maximum absolute atomic E-state index is 13.5. The Hall–Kier alpha value is -1.66. The van der Waals surface area contributed by atoms with Crippen molar-refractivity contribution < 1.29 is 4.39 Å². The molecule has 1 aromatic carbocycles. The van der Waals surface area contributed by atoms with Gasteiger partial charge in [-0.2, -0.15) is 0 Å². The zero-order valence-corrected chi connectivity index (χ0v) is 16.1. The number of hydrogen-bond donors (Lipinski definition) is 2. The van der Waals surface area contributed by atoms with E-state index < -0.39 is 0 Å². The molecule has 6 heteroatoms. The molecule has 0 aromatic heterocycles. The predicted molar refractivity (Wildman–Crippen MR) is 103 cm³/mol. The van der Waals surface area contributed by atoms with E-state index >= 15 is 0 Å². The van der Waals surface area contributed by atoms with E-state index in [9.17, 15) is 4.39 Å². The van der Waals surface area contributed by atoms with Crippen molar-refractivity contribution in [2.24, 2.45) is 4.99 Å². The van der Waals surface area contributed by atoms with Gasteiger partial charge in [0.2, 0.25) is 0 Å². The number of rotatable bonds is 5. The average Bonchev–Trinajstić information content (AvgIpc) is 2.58. The minimum atomic E-state index is -0.197. The van der Waals surface area contributed by atoms with E-state index in [1.54, 1.807) is 19.2 Å². The quantitative estimate of drug-likeness (QED) is 0.625. The fraction of sp³-hybridized carbons (Fsp3) is 0.632. The molecular formula is C19H32FN5. The predicted octanol–water partition coefficient (Wildman–Crippen LogP) is 1.51. The van der Waals surface area contributed by atoms with Crippen LogP contribution in [0.5, 0.6) is 0 Å². The Labute approximate surface area is 151 Å². The molecule has 1 atom stereocenters. The van der Waals surface area contributed by atoms with E-state index in [4.69, 9.17) is 0 Å². The minimum Gasteiger partial charge on any atom is -0.356 e. The third kappa shape index (κ3) is 5.68. The number of piperazine rings is 1. The van der Waals surface area contributed by atoms with Gasteiger partial charge in [-0.3, -0.25) is 9.89 Å². The number of likely N-dealkylation sites (N-methyl/N-ethyl adjacent to an activating group) is 2. The van der Waals surface area contributed by atoms with Crippen LogP contribution in [0.25, 0.3) is 0 Å². The van der Waals surface area contributed by atoms with E-state index in [1.807, 2.05) is 6.07 Å². The van der Waals surface area contributed by atoms with Crippen LogP contribution < -0.4 is 10.6 Å². The van der Waals surface area contributed by atoms with Gasteiger partial charge in [-0.1, -0.05) is 26.0 Å². The molecule has 0 radical (unpaired) electrons. The molecule has 0 aliphatic carbocycles. The second kappa shape index (κ2) is 8.63. The van der Waals surface area contributed by atoms with Crippen molar-refractivity contribution in [3.8, 4) is 0 Å². The second-order valence-electron chi connectivity index (χ2n) is 7.60. The summed E-state index contributed by atoms with van der Waals surface area (Å²) in [5, 5.41) is 6.80. The largest absolute Gasteiger partial charge is 0.356 e. The molecule has 25 heavy (non-hydrogen) atoms. The smallest absolute Gasteiger partial charge is 0.191 e. The highest BCUT2D eigenvalue weighted by Gasteiger charge is 2.23. The van der Waals surface area contributed by atoms with Gasteiger partial charge in [0.25, 0.3) is 0 Å². The Morgan fingerprint density at radius 1 is 1.28 bits per heavy atom. The van der Waals surface area contributed by atoms with Crippen LogP contribution in [-0.2, 0) is 5.41 Å². The number of hydrogen-bond acceptors (Lipinski definition) is 3. The first-order chi connectivity index (χ1) is 11.8. The molecule has 1 saturated heterocycles. The molecule has 0 amide bonds. The van der Waals surface area contributed by atoms with Crippen molar-refractivity contribution in [3.63, 3.8) is 0 Å². The first-order valence-corrected chi connectivity index (χ1v) is 8.91. The number of halogens is 1. The van der Waals surface area contributed by atoms with Crippen LogP contribution >= 0.6 is 0 Å². The lowest BCUT2D eigenvalue weighted by molar-refractivity contribution is 0.116. The maximum Gasteiger partial charge on any atom is 0.191 e. The number of benzene rings is 1.